The Morgan fingerprint density at radius 3 is 2.65 bits per heavy atom. The minimum Gasteiger partial charge on any atom is -0.491 e. The maximum Gasteiger partial charge on any atom is 0.122 e. The van der Waals surface area contributed by atoms with Crippen molar-refractivity contribution in [1.29, 1.82) is 0 Å². The SMILES string of the molecule is CCC(C)c1nc2ccccc2n1CC(O)COc1ccc(C)cc1C. The quantitative estimate of drug-likeness (QED) is 0.676. The van der Waals surface area contributed by atoms with Crippen LogP contribution in [0.2, 0.25) is 0 Å². The van der Waals surface area contributed by atoms with Crippen molar-refractivity contribution in [3.63, 3.8) is 0 Å². The number of nitrogens with zero attached hydrogens (tertiary/aromatic N) is 2. The highest BCUT2D eigenvalue weighted by molar-refractivity contribution is 5.76. The van der Waals surface area contributed by atoms with Crippen LogP contribution in [0.5, 0.6) is 5.75 Å². The molecule has 0 saturated heterocycles. The third-order valence-corrected chi connectivity index (χ3v) is 4.89. The molecule has 0 amide bonds. The minimum absolute atomic E-state index is 0.260. The van der Waals surface area contributed by atoms with Gasteiger partial charge in [-0.25, -0.2) is 4.98 Å². The van der Waals surface area contributed by atoms with E-state index in [2.05, 4.69) is 37.5 Å². The van der Waals surface area contributed by atoms with Crippen molar-refractivity contribution in [2.45, 2.75) is 52.7 Å². The largest absolute Gasteiger partial charge is 0.491 e. The van der Waals surface area contributed by atoms with Gasteiger partial charge in [-0.05, 0) is 44.0 Å². The molecule has 2 aromatic carbocycles. The van der Waals surface area contributed by atoms with Crippen molar-refractivity contribution in [3.05, 3.63) is 59.4 Å². The Morgan fingerprint density at radius 1 is 1.15 bits per heavy atom. The van der Waals surface area contributed by atoms with Gasteiger partial charge < -0.3 is 14.4 Å². The van der Waals surface area contributed by atoms with E-state index in [1.165, 1.54) is 5.56 Å². The average molecular weight is 352 g/mol. The number of benzene rings is 2. The lowest BCUT2D eigenvalue weighted by molar-refractivity contribution is 0.0921. The van der Waals surface area contributed by atoms with Crippen LogP contribution in [-0.4, -0.2) is 27.4 Å². The second-order valence-corrected chi connectivity index (χ2v) is 7.11. The van der Waals surface area contributed by atoms with E-state index in [9.17, 15) is 5.11 Å². The summed E-state index contributed by atoms with van der Waals surface area (Å²) in [4.78, 5) is 4.79. The Balaban J connectivity index is 1.77. The molecule has 0 aliphatic heterocycles. The molecule has 2 atom stereocenters. The van der Waals surface area contributed by atoms with Gasteiger partial charge >= 0.3 is 0 Å². The molecule has 0 saturated carbocycles. The number of hydrogen-bond donors (Lipinski definition) is 1. The molecule has 0 bridgehead atoms. The predicted molar refractivity (Wildman–Crippen MR) is 106 cm³/mol. The number of aliphatic hydroxyl groups excluding tert-OH is 1. The number of imidazole rings is 1. The zero-order valence-corrected chi connectivity index (χ0v) is 16.1. The van der Waals surface area contributed by atoms with Crippen LogP contribution in [0, 0.1) is 13.8 Å². The molecule has 0 aliphatic rings. The van der Waals surface area contributed by atoms with Crippen LogP contribution >= 0.6 is 0 Å². The maximum atomic E-state index is 10.6. The molecule has 2 unspecified atom stereocenters. The van der Waals surface area contributed by atoms with Gasteiger partial charge in [0, 0.05) is 5.92 Å². The van der Waals surface area contributed by atoms with Gasteiger partial charge in [0.05, 0.1) is 17.6 Å². The lowest BCUT2D eigenvalue weighted by Gasteiger charge is -2.18. The molecule has 0 radical (unpaired) electrons. The molecule has 138 valence electrons. The number of aliphatic hydroxyl groups is 1. The highest BCUT2D eigenvalue weighted by atomic mass is 16.5. The van der Waals surface area contributed by atoms with E-state index < -0.39 is 6.10 Å². The monoisotopic (exact) mass is 352 g/mol. The van der Waals surface area contributed by atoms with Crippen molar-refractivity contribution < 1.29 is 9.84 Å². The summed E-state index contributed by atoms with van der Waals surface area (Å²) in [7, 11) is 0. The molecule has 0 fully saturated rings. The van der Waals surface area contributed by atoms with Crippen molar-refractivity contribution >= 4 is 11.0 Å². The van der Waals surface area contributed by atoms with Crippen molar-refractivity contribution in [1.82, 2.24) is 9.55 Å². The number of fused-ring (bicyclic) bond motifs is 1. The van der Waals surface area contributed by atoms with Gasteiger partial charge in [-0.2, -0.15) is 0 Å². The van der Waals surface area contributed by atoms with E-state index in [1.54, 1.807) is 0 Å². The molecule has 26 heavy (non-hydrogen) atoms. The lowest BCUT2D eigenvalue weighted by Crippen LogP contribution is -2.25. The first-order valence-electron chi connectivity index (χ1n) is 9.32. The second kappa shape index (κ2) is 7.92. The Morgan fingerprint density at radius 2 is 1.92 bits per heavy atom. The Labute approximate surface area is 155 Å². The van der Waals surface area contributed by atoms with Crippen LogP contribution < -0.4 is 4.74 Å². The molecule has 0 spiro atoms. The zero-order valence-electron chi connectivity index (χ0n) is 16.1. The number of rotatable bonds is 7. The molecule has 3 rings (SSSR count). The molecular weight excluding hydrogens is 324 g/mol. The van der Waals surface area contributed by atoms with Crippen LogP contribution in [0.25, 0.3) is 11.0 Å². The van der Waals surface area contributed by atoms with E-state index in [1.807, 2.05) is 37.3 Å². The summed E-state index contributed by atoms with van der Waals surface area (Å²) in [5.41, 5.74) is 4.34. The molecule has 0 aliphatic carbocycles. The average Bonchev–Trinajstić information content (AvgIpc) is 2.99. The number of aryl methyl sites for hydroxylation is 2. The van der Waals surface area contributed by atoms with Gasteiger partial charge in [0.15, 0.2) is 0 Å². The van der Waals surface area contributed by atoms with Gasteiger partial charge in [0.1, 0.15) is 24.3 Å². The third-order valence-electron chi connectivity index (χ3n) is 4.89. The van der Waals surface area contributed by atoms with E-state index >= 15 is 0 Å². The highest BCUT2D eigenvalue weighted by Crippen LogP contribution is 2.25. The van der Waals surface area contributed by atoms with Gasteiger partial charge in [-0.15, -0.1) is 0 Å². The van der Waals surface area contributed by atoms with Crippen molar-refractivity contribution in [2.24, 2.45) is 0 Å². The summed E-state index contributed by atoms with van der Waals surface area (Å²) in [6.45, 7) is 9.16. The topological polar surface area (TPSA) is 47.3 Å². The van der Waals surface area contributed by atoms with E-state index in [0.717, 1.165) is 34.6 Å². The molecule has 1 aromatic heterocycles. The third kappa shape index (κ3) is 3.91. The number of aromatic nitrogens is 2. The standard InChI is InChI=1S/C22H28N2O2/c1-5-16(3)22-23-19-8-6-7-9-20(19)24(22)13-18(25)14-26-21-11-10-15(2)12-17(21)4/h6-12,16,18,25H,5,13-14H2,1-4H3. The second-order valence-electron chi connectivity index (χ2n) is 7.11. The first-order chi connectivity index (χ1) is 12.5. The van der Waals surface area contributed by atoms with Crippen LogP contribution in [0.3, 0.4) is 0 Å². The minimum atomic E-state index is -0.601. The van der Waals surface area contributed by atoms with Crippen LogP contribution in [0.1, 0.15) is 43.1 Å². The summed E-state index contributed by atoms with van der Waals surface area (Å²) in [6.07, 6.45) is 0.412. The molecule has 1 N–H and O–H groups in total. The first kappa shape index (κ1) is 18.5. The first-order valence-corrected chi connectivity index (χ1v) is 9.32. The van der Waals surface area contributed by atoms with Crippen LogP contribution in [0.15, 0.2) is 42.5 Å². The van der Waals surface area contributed by atoms with Crippen molar-refractivity contribution in [2.75, 3.05) is 6.61 Å². The van der Waals surface area contributed by atoms with E-state index in [4.69, 9.17) is 9.72 Å². The summed E-state index contributed by atoms with van der Waals surface area (Å²) in [5, 5.41) is 10.6. The zero-order chi connectivity index (χ0) is 18.7. The van der Waals surface area contributed by atoms with Crippen molar-refractivity contribution in [3.8, 4) is 5.75 Å². The molecular formula is C22H28N2O2. The van der Waals surface area contributed by atoms with Gasteiger partial charge in [-0.3, -0.25) is 0 Å². The molecule has 3 aromatic rings. The highest BCUT2D eigenvalue weighted by Gasteiger charge is 2.18. The molecule has 1 heterocycles. The maximum absolute atomic E-state index is 10.6. The number of para-hydroxylation sites is 2. The van der Waals surface area contributed by atoms with Gasteiger partial charge in [-0.1, -0.05) is 43.7 Å². The van der Waals surface area contributed by atoms with Gasteiger partial charge in [0.2, 0.25) is 0 Å². The smallest absolute Gasteiger partial charge is 0.122 e. The molecule has 4 nitrogen and oxygen atoms in total. The number of hydrogen-bond acceptors (Lipinski definition) is 3. The summed E-state index contributed by atoms with van der Waals surface area (Å²) in [5.74, 6) is 2.20. The predicted octanol–water partition coefficient (Wildman–Crippen LogP) is 4.61. The Kier molecular flexibility index (Phi) is 5.62. The fourth-order valence-electron chi connectivity index (χ4n) is 3.26. The van der Waals surface area contributed by atoms with Crippen LogP contribution in [-0.2, 0) is 6.54 Å². The summed E-state index contributed by atoms with van der Waals surface area (Å²) < 4.78 is 8.00. The number of ether oxygens (including phenoxy) is 1. The lowest BCUT2D eigenvalue weighted by atomic mass is 10.1. The fourth-order valence-corrected chi connectivity index (χ4v) is 3.26. The normalized spacial score (nSPS) is 13.7. The Bertz CT molecular complexity index is 885. The van der Waals surface area contributed by atoms with E-state index in [-0.39, 0.29) is 6.61 Å². The summed E-state index contributed by atoms with van der Waals surface area (Å²) in [6, 6.07) is 14.2. The fraction of sp³-hybridized carbons (Fsp3) is 0.409. The van der Waals surface area contributed by atoms with Gasteiger partial charge in [0.25, 0.3) is 0 Å². The summed E-state index contributed by atoms with van der Waals surface area (Å²) >= 11 is 0. The van der Waals surface area contributed by atoms with Crippen LogP contribution in [0.4, 0.5) is 0 Å². The molecule has 4 heteroatoms. The van der Waals surface area contributed by atoms with E-state index in [0.29, 0.717) is 12.5 Å². The Hall–Kier alpha value is -2.33.